The van der Waals surface area contributed by atoms with Crippen LogP contribution in [-0.2, 0) is 19.6 Å². The van der Waals surface area contributed by atoms with Gasteiger partial charge in [0.1, 0.15) is 6.04 Å². The van der Waals surface area contributed by atoms with Crippen molar-refractivity contribution in [1.29, 1.82) is 0 Å². The lowest BCUT2D eigenvalue weighted by Crippen LogP contribution is -2.33. The molecule has 162 valence electrons. The van der Waals surface area contributed by atoms with Crippen LogP contribution >= 0.6 is 11.6 Å². The summed E-state index contributed by atoms with van der Waals surface area (Å²) in [6, 6.07) is 10.9. The van der Waals surface area contributed by atoms with Crippen LogP contribution in [0.3, 0.4) is 0 Å². The Morgan fingerprint density at radius 1 is 1.19 bits per heavy atom. The molecule has 1 unspecified atom stereocenters. The van der Waals surface area contributed by atoms with Crippen molar-refractivity contribution in [1.82, 2.24) is 0 Å². The van der Waals surface area contributed by atoms with Gasteiger partial charge in [0.2, 0.25) is 10.0 Å². The highest BCUT2D eigenvalue weighted by Crippen LogP contribution is 2.40. The highest BCUT2D eigenvalue weighted by Gasteiger charge is 2.35. The predicted octanol–water partition coefficient (Wildman–Crippen LogP) is 3.17. The van der Waals surface area contributed by atoms with Crippen molar-refractivity contribution < 1.29 is 23.1 Å². The zero-order chi connectivity index (χ0) is 22.3. The van der Waals surface area contributed by atoms with Gasteiger partial charge >= 0.3 is 5.97 Å². The number of carbonyl (C=O) groups is 2. The van der Waals surface area contributed by atoms with E-state index in [1.165, 1.54) is 0 Å². The monoisotopic (exact) mass is 461 g/mol. The fraction of sp³-hybridized carbons (Fsp3) is 0.238. The van der Waals surface area contributed by atoms with E-state index in [1.54, 1.807) is 47.4 Å². The van der Waals surface area contributed by atoms with Crippen LogP contribution in [-0.4, -0.2) is 44.2 Å². The molecular formula is C21H20ClN3O5S. The van der Waals surface area contributed by atoms with Gasteiger partial charge in [0.25, 0.3) is 5.91 Å². The molecule has 0 spiro atoms. The number of rotatable bonds is 4. The summed E-state index contributed by atoms with van der Waals surface area (Å²) >= 11 is 6.07. The number of aliphatic carboxylic acids is 1. The molecule has 8 nitrogen and oxygen atoms in total. The number of hydrogen-bond donors (Lipinski definition) is 3. The summed E-state index contributed by atoms with van der Waals surface area (Å²) < 4.78 is 25.1. The minimum absolute atomic E-state index is 0.189. The molecule has 0 radical (unpaired) electrons. The van der Waals surface area contributed by atoms with E-state index >= 15 is 0 Å². The van der Waals surface area contributed by atoms with Crippen LogP contribution in [0.1, 0.15) is 18.4 Å². The number of amides is 1. The number of halogens is 1. The minimum Gasteiger partial charge on any atom is -0.480 e. The molecule has 0 saturated carbocycles. The summed E-state index contributed by atoms with van der Waals surface area (Å²) in [6.45, 7) is 0.449. The molecule has 2 aromatic carbocycles. The summed E-state index contributed by atoms with van der Waals surface area (Å²) in [6.07, 6.45) is 1.74. The van der Waals surface area contributed by atoms with E-state index in [0.29, 0.717) is 46.2 Å². The molecule has 1 amide bonds. The number of carboxylic acid groups (broad SMARTS) is 1. The van der Waals surface area contributed by atoms with Gasteiger partial charge in [-0.05, 0) is 48.4 Å². The molecule has 10 heteroatoms. The first-order chi connectivity index (χ1) is 14.6. The van der Waals surface area contributed by atoms with Gasteiger partial charge in [-0.25, -0.2) is 13.2 Å². The first kappa shape index (κ1) is 21.2. The highest BCUT2D eigenvalue weighted by atomic mass is 35.5. The third kappa shape index (κ3) is 4.38. The smallest absolute Gasteiger partial charge is 0.326 e. The highest BCUT2D eigenvalue weighted by molar-refractivity contribution is 7.92. The molecule has 1 atom stereocenters. The fourth-order valence-electron chi connectivity index (χ4n) is 3.93. The molecule has 2 aromatic rings. The molecule has 2 aliphatic rings. The van der Waals surface area contributed by atoms with Gasteiger partial charge in [0.05, 0.1) is 6.26 Å². The molecule has 4 rings (SSSR count). The number of nitrogens with one attached hydrogen (secondary N) is 2. The van der Waals surface area contributed by atoms with Crippen molar-refractivity contribution in [3.05, 3.63) is 58.6 Å². The Kier molecular flexibility index (Phi) is 5.40. The quantitative estimate of drug-likeness (QED) is 0.602. The summed E-state index contributed by atoms with van der Waals surface area (Å²) in [5.41, 5.74) is 3.70. The standard InChI is InChI=1S/C21H20ClN3O5S/c1-31(29,30)24-13-3-5-14(6-4-13)25-9-8-16(20(25)26)17-11-19(21(27)28)23-18-10-12(22)2-7-15(17)18/h2-7,10,19,23-24H,8-9,11H2,1H3,(H,27,28). The molecule has 1 fully saturated rings. The molecule has 0 aliphatic carbocycles. The second-order valence-corrected chi connectivity index (χ2v) is 9.70. The van der Waals surface area contributed by atoms with Crippen LogP contribution in [0.15, 0.2) is 48.0 Å². The van der Waals surface area contributed by atoms with E-state index in [2.05, 4.69) is 10.0 Å². The lowest BCUT2D eigenvalue weighted by atomic mass is 9.88. The maximum atomic E-state index is 13.2. The van der Waals surface area contributed by atoms with E-state index in [4.69, 9.17) is 11.6 Å². The van der Waals surface area contributed by atoms with Crippen LogP contribution in [0.25, 0.3) is 5.57 Å². The zero-order valence-corrected chi connectivity index (χ0v) is 18.1. The Morgan fingerprint density at radius 3 is 2.55 bits per heavy atom. The van der Waals surface area contributed by atoms with Gasteiger partial charge in [-0.2, -0.15) is 0 Å². The number of carbonyl (C=O) groups excluding carboxylic acids is 1. The number of hydrogen-bond acceptors (Lipinski definition) is 5. The number of carboxylic acids is 1. The van der Waals surface area contributed by atoms with Gasteiger partial charge in [0, 0.05) is 46.2 Å². The van der Waals surface area contributed by atoms with E-state index < -0.39 is 22.0 Å². The summed E-state index contributed by atoms with van der Waals surface area (Å²) in [7, 11) is -3.39. The van der Waals surface area contributed by atoms with Gasteiger partial charge in [-0.3, -0.25) is 9.52 Å². The van der Waals surface area contributed by atoms with E-state index in [-0.39, 0.29) is 12.3 Å². The topological polar surface area (TPSA) is 116 Å². The van der Waals surface area contributed by atoms with Crippen molar-refractivity contribution >= 4 is 56.1 Å². The van der Waals surface area contributed by atoms with Crippen LogP contribution in [0.4, 0.5) is 17.1 Å². The maximum absolute atomic E-state index is 13.2. The minimum atomic E-state index is -3.39. The average Bonchev–Trinajstić information content (AvgIpc) is 3.07. The number of benzene rings is 2. The molecule has 0 bridgehead atoms. The lowest BCUT2D eigenvalue weighted by Gasteiger charge is -2.28. The Labute approximate surface area is 184 Å². The second kappa shape index (κ2) is 7.90. The van der Waals surface area contributed by atoms with E-state index in [9.17, 15) is 23.1 Å². The Morgan fingerprint density at radius 2 is 1.90 bits per heavy atom. The molecule has 2 aliphatic heterocycles. The molecule has 0 aromatic heterocycles. The number of sulfonamides is 1. The molecule has 1 saturated heterocycles. The van der Waals surface area contributed by atoms with E-state index in [1.807, 2.05) is 0 Å². The molecule has 2 heterocycles. The largest absolute Gasteiger partial charge is 0.480 e. The van der Waals surface area contributed by atoms with Crippen LogP contribution in [0.2, 0.25) is 5.02 Å². The summed E-state index contributed by atoms with van der Waals surface area (Å²) in [4.78, 5) is 26.5. The van der Waals surface area contributed by atoms with Crippen LogP contribution in [0, 0.1) is 0 Å². The number of fused-ring (bicyclic) bond motifs is 1. The van der Waals surface area contributed by atoms with Crippen molar-refractivity contribution in [3.63, 3.8) is 0 Å². The van der Waals surface area contributed by atoms with Gasteiger partial charge in [-0.1, -0.05) is 17.7 Å². The lowest BCUT2D eigenvalue weighted by molar-refractivity contribution is -0.137. The van der Waals surface area contributed by atoms with Crippen molar-refractivity contribution in [2.45, 2.75) is 18.9 Å². The van der Waals surface area contributed by atoms with Gasteiger partial charge in [0.15, 0.2) is 0 Å². The predicted molar refractivity (Wildman–Crippen MR) is 120 cm³/mol. The van der Waals surface area contributed by atoms with Gasteiger partial charge < -0.3 is 15.3 Å². The normalized spacial score (nSPS) is 20.9. The SMILES string of the molecule is CS(=O)(=O)Nc1ccc(N2CCC(=C3CC(C(=O)O)Nc4cc(Cl)ccc43)C2=O)cc1. The third-order valence-electron chi connectivity index (χ3n) is 5.28. The average molecular weight is 462 g/mol. The first-order valence-electron chi connectivity index (χ1n) is 9.53. The van der Waals surface area contributed by atoms with Gasteiger partial charge in [-0.15, -0.1) is 0 Å². The fourth-order valence-corrected chi connectivity index (χ4v) is 4.67. The van der Waals surface area contributed by atoms with E-state index in [0.717, 1.165) is 11.8 Å². The van der Waals surface area contributed by atoms with Crippen LogP contribution in [0.5, 0.6) is 0 Å². The number of anilines is 3. The molecule has 3 N–H and O–H groups in total. The number of nitrogens with zero attached hydrogens (tertiary/aromatic N) is 1. The molecular weight excluding hydrogens is 442 g/mol. The summed E-state index contributed by atoms with van der Waals surface area (Å²) in [5, 5.41) is 13.0. The molecule has 31 heavy (non-hydrogen) atoms. The third-order valence-corrected chi connectivity index (χ3v) is 6.12. The summed E-state index contributed by atoms with van der Waals surface area (Å²) in [5.74, 6) is -1.19. The maximum Gasteiger partial charge on any atom is 0.326 e. The second-order valence-electron chi connectivity index (χ2n) is 7.51. The zero-order valence-electron chi connectivity index (χ0n) is 16.6. The first-order valence-corrected chi connectivity index (χ1v) is 11.8. The Balaban J connectivity index is 1.67. The Hall–Kier alpha value is -3.04. The van der Waals surface area contributed by atoms with Crippen molar-refractivity contribution in [2.75, 3.05) is 27.7 Å². The van der Waals surface area contributed by atoms with Crippen molar-refractivity contribution in [2.24, 2.45) is 0 Å². The van der Waals surface area contributed by atoms with Crippen LogP contribution < -0.4 is 14.9 Å². The Bertz CT molecular complexity index is 1210. The van der Waals surface area contributed by atoms with Crippen molar-refractivity contribution in [3.8, 4) is 0 Å².